The van der Waals surface area contributed by atoms with E-state index in [2.05, 4.69) is 10.6 Å². The third kappa shape index (κ3) is 3.94. The number of thiocarbonyl (C=S) groups is 1. The number of benzene rings is 2. The number of methoxy groups -OCH3 is 1. The van der Waals surface area contributed by atoms with Crippen molar-refractivity contribution in [3.8, 4) is 16.9 Å². The van der Waals surface area contributed by atoms with Crippen molar-refractivity contribution < 1.29 is 18.4 Å². The highest BCUT2D eigenvalue weighted by Crippen LogP contribution is 2.30. The van der Waals surface area contributed by atoms with Crippen LogP contribution in [0.5, 0.6) is 5.75 Å². The van der Waals surface area contributed by atoms with Crippen molar-refractivity contribution in [1.82, 2.24) is 5.32 Å². The minimum absolute atomic E-state index is 0.0531. The fourth-order valence-corrected chi connectivity index (χ4v) is 3.17. The molecule has 2 aromatic carbocycles. The second-order valence-electron chi connectivity index (χ2n) is 6.29. The first kappa shape index (κ1) is 19.4. The zero-order valence-corrected chi connectivity index (χ0v) is 16.6. The van der Waals surface area contributed by atoms with Gasteiger partial charge in [0.2, 0.25) is 0 Å². The number of hydrogen-bond acceptors (Lipinski definition) is 6. The number of carbonyl (C=O) groups is 1. The molecule has 4 aromatic rings. The van der Waals surface area contributed by atoms with Crippen LogP contribution in [0, 0.1) is 0 Å². The maximum atomic E-state index is 12.5. The van der Waals surface area contributed by atoms with Gasteiger partial charge in [-0.1, -0.05) is 24.3 Å². The first-order valence-electron chi connectivity index (χ1n) is 8.92. The molecule has 0 spiro atoms. The third-order valence-corrected chi connectivity index (χ3v) is 4.58. The summed E-state index contributed by atoms with van der Waals surface area (Å²) in [5, 5.41) is 6.31. The maximum absolute atomic E-state index is 12.5. The van der Waals surface area contributed by atoms with Crippen molar-refractivity contribution in [2.24, 2.45) is 0 Å². The van der Waals surface area contributed by atoms with E-state index in [0.717, 1.165) is 5.39 Å². The van der Waals surface area contributed by atoms with Crippen LogP contribution in [0.1, 0.15) is 10.6 Å². The molecule has 2 heterocycles. The summed E-state index contributed by atoms with van der Waals surface area (Å²) >= 11 is 5.22. The van der Waals surface area contributed by atoms with Crippen molar-refractivity contribution in [2.75, 3.05) is 12.4 Å². The number of para-hydroxylation sites is 1. The van der Waals surface area contributed by atoms with Crippen LogP contribution in [0.15, 0.2) is 80.6 Å². The van der Waals surface area contributed by atoms with E-state index in [0.29, 0.717) is 28.1 Å². The fraction of sp³-hybridized carbons (Fsp3) is 0.0455. The number of carbonyl (C=O) groups excluding carboxylic acids is 1. The van der Waals surface area contributed by atoms with Gasteiger partial charge >= 0.3 is 5.63 Å². The Morgan fingerprint density at radius 2 is 1.90 bits per heavy atom. The highest BCUT2D eigenvalue weighted by Gasteiger charge is 2.14. The van der Waals surface area contributed by atoms with Crippen LogP contribution in [-0.4, -0.2) is 18.1 Å². The number of rotatable bonds is 4. The highest BCUT2D eigenvalue weighted by atomic mass is 32.1. The quantitative estimate of drug-likeness (QED) is 0.378. The fourth-order valence-electron chi connectivity index (χ4n) is 2.96. The molecule has 0 saturated carbocycles. The molecule has 0 fully saturated rings. The molecule has 30 heavy (non-hydrogen) atoms. The molecule has 0 saturated heterocycles. The summed E-state index contributed by atoms with van der Waals surface area (Å²) < 4.78 is 15.8. The molecule has 0 unspecified atom stereocenters. The van der Waals surface area contributed by atoms with Gasteiger partial charge in [0, 0.05) is 5.39 Å². The number of nitrogens with one attached hydrogen (secondary N) is 2. The molecule has 4 rings (SSSR count). The molecule has 2 aromatic heterocycles. The van der Waals surface area contributed by atoms with Gasteiger partial charge in [0.1, 0.15) is 11.3 Å². The molecule has 0 aliphatic carbocycles. The van der Waals surface area contributed by atoms with Gasteiger partial charge in [-0.15, -0.1) is 0 Å². The van der Waals surface area contributed by atoms with E-state index in [-0.39, 0.29) is 10.9 Å². The highest BCUT2D eigenvalue weighted by molar-refractivity contribution is 7.80. The first-order valence-corrected chi connectivity index (χ1v) is 9.33. The molecule has 0 aliphatic heterocycles. The summed E-state index contributed by atoms with van der Waals surface area (Å²) in [5.74, 6) is 0.134. The molecular formula is C22H16N2O5S. The lowest BCUT2D eigenvalue weighted by Crippen LogP contribution is -2.34. The van der Waals surface area contributed by atoms with E-state index in [4.69, 9.17) is 25.8 Å². The van der Waals surface area contributed by atoms with Crippen LogP contribution >= 0.6 is 12.2 Å². The summed E-state index contributed by atoms with van der Waals surface area (Å²) in [5.41, 5.74) is 1.54. The van der Waals surface area contributed by atoms with E-state index in [1.165, 1.54) is 19.4 Å². The maximum Gasteiger partial charge on any atom is 0.344 e. The van der Waals surface area contributed by atoms with E-state index in [1.54, 1.807) is 42.5 Å². The number of hydrogen-bond donors (Lipinski definition) is 2. The zero-order chi connectivity index (χ0) is 21.1. The third-order valence-electron chi connectivity index (χ3n) is 4.37. The van der Waals surface area contributed by atoms with Crippen LogP contribution in [0.2, 0.25) is 0 Å². The number of amides is 1. The normalized spacial score (nSPS) is 10.6. The Hall–Kier alpha value is -3.91. The predicted octanol–water partition coefficient (Wildman–Crippen LogP) is 4.19. The van der Waals surface area contributed by atoms with Gasteiger partial charge in [0.05, 0.1) is 24.6 Å². The number of fused-ring (bicyclic) bond motifs is 1. The van der Waals surface area contributed by atoms with Crippen molar-refractivity contribution >= 4 is 39.9 Å². The summed E-state index contributed by atoms with van der Waals surface area (Å²) in [6, 6.07) is 17.3. The molecule has 0 bridgehead atoms. The number of furan rings is 1. The lowest BCUT2D eigenvalue weighted by atomic mass is 10.0. The summed E-state index contributed by atoms with van der Waals surface area (Å²) in [6.07, 6.45) is 1.40. The Morgan fingerprint density at radius 3 is 2.67 bits per heavy atom. The second-order valence-corrected chi connectivity index (χ2v) is 6.69. The Balaban J connectivity index is 1.64. The van der Waals surface area contributed by atoms with Gasteiger partial charge < -0.3 is 18.9 Å². The van der Waals surface area contributed by atoms with Crippen LogP contribution in [0.25, 0.3) is 22.1 Å². The minimum atomic E-state index is -0.484. The van der Waals surface area contributed by atoms with Gasteiger partial charge in [-0.3, -0.25) is 10.1 Å². The lowest BCUT2D eigenvalue weighted by molar-refractivity contribution is 0.0950. The molecule has 0 atom stereocenters. The molecule has 2 N–H and O–H groups in total. The van der Waals surface area contributed by atoms with E-state index in [9.17, 15) is 9.59 Å². The Bertz CT molecular complexity index is 1290. The van der Waals surface area contributed by atoms with E-state index in [1.807, 2.05) is 12.1 Å². The first-order chi connectivity index (χ1) is 14.5. The predicted molar refractivity (Wildman–Crippen MR) is 117 cm³/mol. The summed E-state index contributed by atoms with van der Waals surface area (Å²) in [7, 11) is 1.51. The molecule has 7 nitrogen and oxygen atoms in total. The standard InChI is InChI=1S/C22H16N2O5S/c1-27-18-9-8-13(15-11-14-5-2-3-6-17(14)29-21(15)26)12-16(18)23-22(30)24-20(25)19-7-4-10-28-19/h2-12H,1H3,(H2,23,24,25,30). The Labute approximate surface area is 176 Å². The largest absolute Gasteiger partial charge is 0.495 e. The van der Waals surface area contributed by atoms with Crippen molar-refractivity contribution in [1.29, 1.82) is 0 Å². The summed E-state index contributed by atoms with van der Waals surface area (Å²) in [6.45, 7) is 0. The van der Waals surface area contributed by atoms with Gasteiger partial charge in [0.25, 0.3) is 5.91 Å². The van der Waals surface area contributed by atoms with Gasteiger partial charge in [-0.05, 0) is 54.2 Å². The number of ether oxygens (including phenoxy) is 1. The summed E-state index contributed by atoms with van der Waals surface area (Å²) in [4.78, 5) is 24.6. The molecular weight excluding hydrogens is 404 g/mol. The monoisotopic (exact) mass is 420 g/mol. The molecule has 150 valence electrons. The zero-order valence-electron chi connectivity index (χ0n) is 15.8. The van der Waals surface area contributed by atoms with E-state index < -0.39 is 11.5 Å². The van der Waals surface area contributed by atoms with Gasteiger partial charge in [0.15, 0.2) is 10.9 Å². The number of anilines is 1. The van der Waals surface area contributed by atoms with Gasteiger partial charge in [-0.25, -0.2) is 4.79 Å². The van der Waals surface area contributed by atoms with Crippen LogP contribution in [0.4, 0.5) is 5.69 Å². The van der Waals surface area contributed by atoms with Gasteiger partial charge in [-0.2, -0.15) is 0 Å². The smallest absolute Gasteiger partial charge is 0.344 e. The SMILES string of the molecule is COc1ccc(-c2cc3ccccc3oc2=O)cc1NC(=S)NC(=O)c1ccco1. The van der Waals surface area contributed by atoms with Crippen LogP contribution in [0.3, 0.4) is 0 Å². The molecule has 1 amide bonds. The minimum Gasteiger partial charge on any atom is -0.495 e. The molecule has 0 radical (unpaired) electrons. The van der Waals surface area contributed by atoms with Crippen molar-refractivity contribution in [3.63, 3.8) is 0 Å². The molecule has 8 heteroatoms. The molecule has 0 aliphatic rings. The van der Waals surface area contributed by atoms with Crippen LogP contribution in [-0.2, 0) is 0 Å². The topological polar surface area (TPSA) is 93.7 Å². The average molecular weight is 420 g/mol. The lowest BCUT2D eigenvalue weighted by Gasteiger charge is -2.14. The van der Waals surface area contributed by atoms with Crippen molar-refractivity contribution in [2.45, 2.75) is 0 Å². The van der Waals surface area contributed by atoms with Crippen molar-refractivity contribution in [3.05, 3.63) is 83.1 Å². The van der Waals surface area contributed by atoms with Crippen LogP contribution < -0.4 is 21.0 Å². The second kappa shape index (κ2) is 8.22. The average Bonchev–Trinajstić information content (AvgIpc) is 3.28. The Kier molecular flexibility index (Phi) is 5.32. The van der Waals surface area contributed by atoms with E-state index >= 15 is 0 Å². The Morgan fingerprint density at radius 1 is 1.07 bits per heavy atom.